The van der Waals surface area contributed by atoms with E-state index in [9.17, 15) is 0 Å². The molecule has 0 aliphatic heterocycles. The van der Waals surface area contributed by atoms with Crippen LogP contribution in [0.3, 0.4) is 0 Å². The van der Waals surface area contributed by atoms with Crippen molar-refractivity contribution in [3.63, 3.8) is 0 Å². The monoisotopic (exact) mass is 500 g/mol. The first-order valence-electron chi connectivity index (χ1n) is 11.3. The Bertz CT molecular complexity index is 309. The Kier molecular flexibility index (Phi) is 17.0. The summed E-state index contributed by atoms with van der Waals surface area (Å²) in [6.07, 6.45) is 27.8. The largest absolute Gasteiger partial charge is 2.00 e. The molecule has 3 heteroatoms. The third-order valence-corrected chi connectivity index (χ3v) is 12.0. The summed E-state index contributed by atoms with van der Waals surface area (Å²) in [5, 5.41) is 0. The van der Waals surface area contributed by atoms with Crippen molar-refractivity contribution in [3.05, 3.63) is 14.9 Å². The quantitative estimate of drug-likeness (QED) is 0.157. The van der Waals surface area contributed by atoms with Crippen LogP contribution in [-0.4, -0.2) is 21.8 Å². The summed E-state index contributed by atoms with van der Waals surface area (Å²) >= 11 is 3.54. The summed E-state index contributed by atoms with van der Waals surface area (Å²) in [5.41, 5.74) is 3.59. The van der Waals surface area contributed by atoms with Crippen LogP contribution in [0.4, 0.5) is 0 Å². The van der Waals surface area contributed by atoms with Crippen LogP contribution in [-0.2, 0) is 17.1 Å². The minimum absolute atomic E-state index is 0. The van der Waals surface area contributed by atoms with Crippen LogP contribution in [0.2, 0.25) is 0 Å². The molecule has 0 atom stereocenters. The van der Waals surface area contributed by atoms with Gasteiger partial charge in [-0.1, -0.05) is 88.1 Å². The van der Waals surface area contributed by atoms with E-state index in [0.717, 1.165) is 4.83 Å². The molecule has 4 fully saturated rings. The van der Waals surface area contributed by atoms with Crippen LogP contribution in [0.1, 0.15) is 116 Å². The Morgan fingerprint density at radius 1 is 0.444 bits per heavy atom. The first kappa shape index (κ1) is 28.4. The minimum Gasteiger partial charge on any atom is -0.358 e. The minimum atomic E-state index is 0. The van der Waals surface area contributed by atoms with E-state index < -0.39 is 0 Å². The third kappa shape index (κ3) is 9.40. The van der Waals surface area contributed by atoms with Gasteiger partial charge < -0.3 is 14.9 Å². The molecule has 0 nitrogen and oxygen atoms in total. The van der Waals surface area contributed by atoms with Crippen molar-refractivity contribution in [2.75, 3.05) is 0 Å². The Hall–Kier alpha value is 1.43. The van der Waals surface area contributed by atoms with Gasteiger partial charge in [0.25, 0.3) is 0 Å². The van der Waals surface area contributed by atoms with Gasteiger partial charge in [-0.05, 0) is 68.3 Å². The van der Waals surface area contributed by atoms with Gasteiger partial charge in [-0.3, -0.25) is 0 Å². The maximum atomic E-state index is 3.54. The topological polar surface area (TPSA) is 0 Å². The predicted octanol–water partition coefficient (Wildman–Crippen LogP) is 9.30. The Morgan fingerprint density at radius 3 is 0.963 bits per heavy atom. The van der Waals surface area contributed by atoms with E-state index in [1.165, 1.54) is 55.5 Å². The van der Waals surface area contributed by atoms with Gasteiger partial charge in [0.1, 0.15) is 0 Å². The molecule has 0 N–H and O–H groups in total. The van der Waals surface area contributed by atoms with Crippen molar-refractivity contribution >= 4 is 23.9 Å². The van der Waals surface area contributed by atoms with Crippen LogP contribution >= 0.6 is 23.9 Å². The molecule has 4 aliphatic carbocycles. The Morgan fingerprint density at radius 2 is 0.704 bits per heavy atom. The van der Waals surface area contributed by atoms with E-state index in [-0.39, 0.29) is 31.9 Å². The Labute approximate surface area is 192 Å². The molecule has 4 saturated carbocycles. The first-order chi connectivity index (χ1) is 11.8. The molecule has 0 spiro atoms. The average molecular weight is 501 g/mol. The fourth-order valence-corrected chi connectivity index (χ4v) is 11.1. The van der Waals surface area contributed by atoms with Gasteiger partial charge >= 0.3 is 17.1 Å². The number of alkyl halides is 1. The predicted molar refractivity (Wildman–Crippen MR) is 127 cm³/mol. The van der Waals surface area contributed by atoms with Crippen molar-refractivity contribution in [2.24, 2.45) is 0 Å². The van der Waals surface area contributed by atoms with Gasteiger partial charge in [0, 0.05) is 4.83 Å². The molecule has 0 radical (unpaired) electrons. The standard InChI is InChI=1S/C17H31P.C5H9Br.2CH3.Fe/c1-3-9-15(10-4-1)18(17-13-7-8-14-17)16-11-5-2-6-12-16;6-5-3-1-2-4-5;;;/h15-17H,1-14H2;5H,1-4H2;2*1H3;/q;;2*-1;+2. The molecule has 4 aliphatic rings. The van der Waals surface area contributed by atoms with Crippen LogP contribution in [0.25, 0.3) is 0 Å². The zero-order valence-electron chi connectivity index (χ0n) is 18.2. The summed E-state index contributed by atoms with van der Waals surface area (Å²) in [6, 6.07) is 0. The van der Waals surface area contributed by atoms with Gasteiger partial charge in [0.2, 0.25) is 0 Å². The molecular weight excluding hydrogens is 455 g/mol. The second-order valence-corrected chi connectivity index (χ2v) is 13.2. The second-order valence-electron chi connectivity index (χ2n) is 8.85. The maximum absolute atomic E-state index is 3.54. The van der Waals surface area contributed by atoms with Gasteiger partial charge in [-0.15, -0.1) is 0 Å². The van der Waals surface area contributed by atoms with E-state index in [4.69, 9.17) is 0 Å². The van der Waals surface area contributed by atoms with E-state index in [2.05, 4.69) is 15.9 Å². The summed E-state index contributed by atoms with van der Waals surface area (Å²) in [5.74, 6) is 0. The molecule has 0 heterocycles. The van der Waals surface area contributed by atoms with Crippen molar-refractivity contribution in [1.29, 1.82) is 0 Å². The zero-order chi connectivity index (χ0) is 16.6. The van der Waals surface area contributed by atoms with E-state index >= 15 is 0 Å². The Balaban J connectivity index is 0.000000652. The second kappa shape index (κ2) is 16.2. The number of rotatable bonds is 3. The molecule has 0 amide bonds. The smallest absolute Gasteiger partial charge is 0.358 e. The summed E-state index contributed by atoms with van der Waals surface area (Å²) in [4.78, 5) is 0.859. The number of hydrogen-bond donors (Lipinski definition) is 0. The molecular formula is C24H46BrFeP. The van der Waals surface area contributed by atoms with Gasteiger partial charge in [-0.2, -0.15) is 0 Å². The van der Waals surface area contributed by atoms with Gasteiger partial charge in [0.05, 0.1) is 0 Å². The van der Waals surface area contributed by atoms with Crippen LogP contribution in [0.15, 0.2) is 0 Å². The van der Waals surface area contributed by atoms with Gasteiger partial charge in [0.15, 0.2) is 0 Å². The molecule has 4 rings (SSSR count). The van der Waals surface area contributed by atoms with Crippen LogP contribution in [0.5, 0.6) is 0 Å². The van der Waals surface area contributed by atoms with E-state index in [1.54, 1.807) is 77.0 Å². The molecule has 0 saturated heterocycles. The molecule has 27 heavy (non-hydrogen) atoms. The van der Waals surface area contributed by atoms with Crippen LogP contribution in [0, 0.1) is 14.9 Å². The average Bonchev–Trinajstić information content (AvgIpc) is 3.32. The molecule has 162 valence electrons. The molecule has 0 bridgehead atoms. The molecule has 0 aromatic heterocycles. The fraction of sp³-hybridized carbons (Fsp3) is 0.917. The van der Waals surface area contributed by atoms with Gasteiger partial charge in [-0.25, -0.2) is 0 Å². The van der Waals surface area contributed by atoms with Crippen molar-refractivity contribution < 1.29 is 17.1 Å². The number of halogens is 1. The van der Waals surface area contributed by atoms with Crippen LogP contribution < -0.4 is 0 Å². The van der Waals surface area contributed by atoms with Crippen molar-refractivity contribution in [3.8, 4) is 0 Å². The molecule has 0 aromatic rings. The fourth-order valence-electron chi connectivity index (χ4n) is 5.73. The summed E-state index contributed by atoms with van der Waals surface area (Å²) in [6.45, 7) is 0. The van der Waals surface area contributed by atoms with E-state index in [1.807, 2.05) is 0 Å². The third-order valence-electron chi connectivity index (χ3n) is 7.02. The van der Waals surface area contributed by atoms with E-state index in [0.29, 0.717) is 7.92 Å². The molecule has 0 aromatic carbocycles. The molecule has 0 unspecified atom stereocenters. The summed E-state index contributed by atoms with van der Waals surface area (Å²) in [7, 11) is 0.402. The first-order valence-corrected chi connectivity index (χ1v) is 13.7. The normalized spacial score (nSPS) is 25.1. The maximum Gasteiger partial charge on any atom is 2.00 e. The SMILES string of the molecule is BrC1CCCC1.C1CCC(P(C2CCCCC2)C2CCCC2)CC1.[CH3-].[CH3-].[Fe+2]. The zero-order valence-corrected chi connectivity index (χ0v) is 21.8. The number of hydrogen-bond acceptors (Lipinski definition) is 0. The van der Waals surface area contributed by atoms with Crippen molar-refractivity contribution in [2.45, 2.75) is 137 Å². The summed E-state index contributed by atoms with van der Waals surface area (Å²) < 4.78 is 0. The van der Waals surface area contributed by atoms with Crippen molar-refractivity contribution in [1.82, 2.24) is 0 Å².